The van der Waals surface area contributed by atoms with E-state index in [4.69, 9.17) is 15.7 Å². The Morgan fingerprint density at radius 3 is 2.70 bits per heavy atom. The molecule has 0 bridgehead atoms. The highest BCUT2D eigenvalue weighted by Crippen LogP contribution is 2.17. The van der Waals surface area contributed by atoms with Gasteiger partial charge in [-0.2, -0.15) is 5.06 Å². The van der Waals surface area contributed by atoms with Crippen molar-refractivity contribution in [1.82, 2.24) is 5.06 Å². The van der Waals surface area contributed by atoms with Crippen molar-refractivity contribution in [3.8, 4) is 0 Å². The predicted molar refractivity (Wildman–Crippen MR) is 32.6 cm³/mol. The second-order valence-electron chi connectivity index (χ2n) is 2.30. The van der Waals surface area contributed by atoms with Crippen LogP contribution in [0, 0.1) is 0 Å². The number of primary amides is 1. The van der Waals surface area contributed by atoms with Crippen molar-refractivity contribution < 1.29 is 14.7 Å². The Bertz CT molecular complexity index is 150. The summed E-state index contributed by atoms with van der Waals surface area (Å²) in [5, 5.41) is 9.81. The molecule has 1 fully saturated rings. The lowest BCUT2D eigenvalue weighted by Crippen LogP contribution is -2.38. The van der Waals surface area contributed by atoms with Gasteiger partial charge in [-0.3, -0.25) is 4.84 Å². The minimum Gasteiger partial charge on any atom is -0.371 e. The van der Waals surface area contributed by atoms with Crippen molar-refractivity contribution in [1.29, 1.82) is 0 Å². The van der Waals surface area contributed by atoms with Crippen LogP contribution in [0.25, 0.3) is 0 Å². The average molecular weight is 146 g/mol. The maximum Gasteiger partial charge on any atom is 0.341 e. The summed E-state index contributed by atoms with van der Waals surface area (Å²) in [6.07, 6.45) is -0.599. The smallest absolute Gasteiger partial charge is 0.341 e. The molecule has 0 saturated carbocycles. The first kappa shape index (κ1) is 7.30. The minimum atomic E-state index is -0.882. The zero-order valence-electron chi connectivity index (χ0n) is 5.65. The van der Waals surface area contributed by atoms with Crippen molar-refractivity contribution in [3.05, 3.63) is 0 Å². The first-order valence-corrected chi connectivity index (χ1v) is 3.04. The first-order valence-electron chi connectivity index (χ1n) is 3.04. The average Bonchev–Trinajstić information content (AvgIpc) is 2.10. The molecule has 1 aliphatic heterocycles. The molecule has 2 unspecified atom stereocenters. The highest BCUT2D eigenvalue weighted by molar-refractivity contribution is 5.71. The number of carbonyl (C=O) groups is 1. The summed E-state index contributed by atoms with van der Waals surface area (Å²) >= 11 is 0. The van der Waals surface area contributed by atoms with Crippen LogP contribution in [0.1, 0.15) is 13.3 Å². The van der Waals surface area contributed by atoms with Gasteiger partial charge in [0.25, 0.3) is 0 Å². The summed E-state index contributed by atoms with van der Waals surface area (Å²) in [6, 6.07) is -0.753. The Kier molecular flexibility index (Phi) is 1.78. The van der Waals surface area contributed by atoms with Gasteiger partial charge >= 0.3 is 6.03 Å². The van der Waals surface area contributed by atoms with Crippen molar-refractivity contribution in [3.63, 3.8) is 0 Å². The SMILES string of the molecule is CC1CC(O)N(C(N)=O)O1. The summed E-state index contributed by atoms with van der Waals surface area (Å²) in [4.78, 5) is 15.3. The van der Waals surface area contributed by atoms with Crippen LogP contribution < -0.4 is 5.73 Å². The number of aliphatic hydroxyl groups is 1. The molecule has 0 aromatic heterocycles. The molecule has 2 atom stereocenters. The van der Waals surface area contributed by atoms with Gasteiger partial charge in [-0.1, -0.05) is 0 Å². The quantitative estimate of drug-likeness (QED) is 0.479. The summed E-state index contributed by atoms with van der Waals surface area (Å²) in [7, 11) is 0. The number of hydrogen-bond acceptors (Lipinski definition) is 3. The van der Waals surface area contributed by atoms with Gasteiger partial charge < -0.3 is 10.8 Å². The maximum atomic E-state index is 10.4. The molecule has 1 heterocycles. The molecule has 0 spiro atoms. The van der Waals surface area contributed by atoms with E-state index in [0.29, 0.717) is 6.42 Å². The van der Waals surface area contributed by atoms with Crippen LogP contribution in [0.5, 0.6) is 0 Å². The Balaban J connectivity index is 2.54. The number of amides is 2. The molecule has 0 aromatic rings. The van der Waals surface area contributed by atoms with E-state index in [1.165, 1.54) is 0 Å². The van der Waals surface area contributed by atoms with Gasteiger partial charge in [0.1, 0.15) is 0 Å². The molecule has 1 aliphatic rings. The number of rotatable bonds is 0. The highest BCUT2D eigenvalue weighted by atomic mass is 16.7. The fraction of sp³-hybridized carbons (Fsp3) is 0.800. The highest BCUT2D eigenvalue weighted by Gasteiger charge is 2.31. The molecule has 1 saturated heterocycles. The summed E-state index contributed by atoms with van der Waals surface area (Å²) in [5.41, 5.74) is 4.85. The third kappa shape index (κ3) is 1.19. The molecule has 5 nitrogen and oxygen atoms in total. The standard InChI is InChI=1S/C5H10N2O3/c1-3-2-4(8)7(10-3)5(6)9/h3-4,8H,2H2,1H3,(H2,6,9). The normalized spacial score (nSPS) is 32.8. The molecule has 58 valence electrons. The molecule has 2 amide bonds. The third-order valence-electron chi connectivity index (χ3n) is 1.32. The first-order chi connectivity index (χ1) is 4.61. The molecule has 0 aromatic carbocycles. The number of hydrogen-bond donors (Lipinski definition) is 2. The van der Waals surface area contributed by atoms with Crippen LogP contribution in [-0.4, -0.2) is 28.5 Å². The van der Waals surface area contributed by atoms with Crippen molar-refractivity contribution in [2.45, 2.75) is 25.7 Å². The fourth-order valence-electron chi connectivity index (χ4n) is 0.899. The Morgan fingerprint density at radius 2 is 2.50 bits per heavy atom. The van der Waals surface area contributed by atoms with E-state index in [-0.39, 0.29) is 6.10 Å². The van der Waals surface area contributed by atoms with Crippen molar-refractivity contribution in [2.24, 2.45) is 5.73 Å². The van der Waals surface area contributed by atoms with Crippen LogP contribution in [0.4, 0.5) is 4.79 Å². The third-order valence-corrected chi connectivity index (χ3v) is 1.32. The van der Waals surface area contributed by atoms with Gasteiger partial charge in [0.2, 0.25) is 0 Å². The lowest BCUT2D eigenvalue weighted by Gasteiger charge is -2.14. The summed E-state index contributed by atoms with van der Waals surface area (Å²) in [6.45, 7) is 1.76. The Morgan fingerprint density at radius 1 is 1.90 bits per heavy atom. The van der Waals surface area contributed by atoms with Gasteiger partial charge in [-0.25, -0.2) is 4.79 Å². The largest absolute Gasteiger partial charge is 0.371 e. The van der Waals surface area contributed by atoms with Crippen LogP contribution in [0.15, 0.2) is 0 Å². The second-order valence-corrected chi connectivity index (χ2v) is 2.30. The van der Waals surface area contributed by atoms with Gasteiger partial charge in [0.05, 0.1) is 6.10 Å². The second kappa shape index (κ2) is 2.43. The van der Waals surface area contributed by atoms with Crippen LogP contribution in [0.2, 0.25) is 0 Å². The number of urea groups is 1. The molecular weight excluding hydrogens is 136 g/mol. The number of nitrogens with two attached hydrogens (primary N) is 1. The van der Waals surface area contributed by atoms with E-state index in [1.807, 2.05) is 0 Å². The lowest BCUT2D eigenvalue weighted by molar-refractivity contribution is -0.153. The number of nitrogens with zero attached hydrogens (tertiary/aromatic N) is 1. The molecule has 3 N–H and O–H groups in total. The molecule has 0 aliphatic carbocycles. The predicted octanol–water partition coefficient (Wildman–Crippen LogP) is -0.591. The minimum absolute atomic E-state index is 0.137. The van der Waals surface area contributed by atoms with Gasteiger partial charge in [-0.05, 0) is 6.92 Å². The fourth-order valence-corrected chi connectivity index (χ4v) is 0.899. The van der Waals surface area contributed by atoms with Crippen LogP contribution >= 0.6 is 0 Å². The van der Waals surface area contributed by atoms with Gasteiger partial charge in [0, 0.05) is 6.42 Å². The van der Waals surface area contributed by atoms with Crippen molar-refractivity contribution >= 4 is 6.03 Å². The molecule has 5 heteroatoms. The van der Waals surface area contributed by atoms with E-state index in [1.54, 1.807) is 6.92 Å². The maximum absolute atomic E-state index is 10.4. The van der Waals surface area contributed by atoms with E-state index >= 15 is 0 Å². The molecular formula is C5H10N2O3. The van der Waals surface area contributed by atoms with Crippen LogP contribution in [-0.2, 0) is 4.84 Å². The summed E-state index contributed by atoms with van der Waals surface area (Å²) < 4.78 is 0. The number of hydroxylamine groups is 2. The molecule has 1 rings (SSSR count). The van der Waals surface area contributed by atoms with E-state index in [9.17, 15) is 4.79 Å². The molecule has 0 radical (unpaired) electrons. The van der Waals surface area contributed by atoms with Gasteiger partial charge in [0.15, 0.2) is 6.23 Å². The topological polar surface area (TPSA) is 75.8 Å². The van der Waals surface area contributed by atoms with E-state index < -0.39 is 12.3 Å². The number of carbonyl (C=O) groups excluding carboxylic acids is 1. The molecule has 10 heavy (non-hydrogen) atoms. The van der Waals surface area contributed by atoms with Crippen molar-refractivity contribution in [2.75, 3.05) is 0 Å². The Hall–Kier alpha value is -0.810. The van der Waals surface area contributed by atoms with E-state index in [2.05, 4.69) is 0 Å². The monoisotopic (exact) mass is 146 g/mol. The zero-order chi connectivity index (χ0) is 7.72. The summed E-state index contributed by atoms with van der Waals surface area (Å²) in [5.74, 6) is 0. The zero-order valence-corrected chi connectivity index (χ0v) is 5.65. The van der Waals surface area contributed by atoms with Gasteiger partial charge in [-0.15, -0.1) is 0 Å². The van der Waals surface area contributed by atoms with Crippen LogP contribution in [0.3, 0.4) is 0 Å². The van der Waals surface area contributed by atoms with E-state index in [0.717, 1.165) is 5.06 Å². The Labute approximate surface area is 58.3 Å². The number of aliphatic hydroxyl groups excluding tert-OH is 1. The lowest BCUT2D eigenvalue weighted by atomic mass is 10.3.